The summed E-state index contributed by atoms with van der Waals surface area (Å²) in [5.74, 6) is 0.859. The van der Waals surface area contributed by atoms with Gasteiger partial charge in [0.15, 0.2) is 0 Å². The number of rotatable bonds is 1. The SMILES string of the molecule is Cc1ccc([N+]2=C(N)c3ccccc3C2)c(C)c1. The summed E-state index contributed by atoms with van der Waals surface area (Å²) in [4.78, 5) is 0. The Labute approximate surface area is 107 Å². The molecule has 1 aliphatic heterocycles. The zero-order valence-corrected chi connectivity index (χ0v) is 10.8. The average molecular weight is 237 g/mol. The summed E-state index contributed by atoms with van der Waals surface area (Å²) in [5, 5.41) is 0. The van der Waals surface area contributed by atoms with Crippen LogP contribution in [0.5, 0.6) is 0 Å². The Morgan fingerprint density at radius 2 is 1.83 bits per heavy atom. The second-order valence-electron chi connectivity index (χ2n) is 4.92. The van der Waals surface area contributed by atoms with Gasteiger partial charge in [0.25, 0.3) is 5.84 Å². The topological polar surface area (TPSA) is 29.0 Å². The molecular weight excluding hydrogens is 220 g/mol. The number of hydrogen-bond acceptors (Lipinski definition) is 1. The number of nitrogens with two attached hydrogens (primary N) is 1. The van der Waals surface area contributed by atoms with E-state index in [1.54, 1.807) is 0 Å². The molecule has 1 aliphatic rings. The molecule has 0 radical (unpaired) electrons. The number of aryl methyl sites for hydroxylation is 2. The van der Waals surface area contributed by atoms with Crippen molar-refractivity contribution in [1.29, 1.82) is 0 Å². The van der Waals surface area contributed by atoms with Crippen LogP contribution in [-0.2, 0) is 6.54 Å². The number of fused-ring (bicyclic) bond motifs is 1. The lowest BCUT2D eigenvalue weighted by molar-refractivity contribution is -0.453. The Hall–Kier alpha value is -2.09. The molecule has 90 valence electrons. The van der Waals surface area contributed by atoms with Gasteiger partial charge in [-0.25, -0.2) is 4.58 Å². The van der Waals surface area contributed by atoms with E-state index in [4.69, 9.17) is 5.73 Å². The maximum Gasteiger partial charge on any atom is 0.280 e. The number of amidine groups is 1. The molecule has 2 aromatic rings. The summed E-state index contributed by atoms with van der Waals surface area (Å²) in [6, 6.07) is 14.8. The van der Waals surface area contributed by atoms with Crippen LogP contribution in [0.2, 0.25) is 0 Å². The summed E-state index contributed by atoms with van der Waals surface area (Å²) in [6.45, 7) is 5.12. The van der Waals surface area contributed by atoms with Gasteiger partial charge in [-0.15, -0.1) is 0 Å². The van der Waals surface area contributed by atoms with Crippen molar-refractivity contribution in [2.75, 3.05) is 0 Å². The first-order chi connectivity index (χ1) is 8.66. The largest absolute Gasteiger partial charge is 0.286 e. The maximum absolute atomic E-state index is 6.27. The molecule has 18 heavy (non-hydrogen) atoms. The predicted octanol–water partition coefficient (Wildman–Crippen LogP) is 2.87. The van der Waals surface area contributed by atoms with Crippen molar-refractivity contribution in [3.63, 3.8) is 0 Å². The maximum atomic E-state index is 6.27. The number of benzene rings is 2. The molecule has 2 heteroatoms. The van der Waals surface area contributed by atoms with E-state index in [0.29, 0.717) is 0 Å². The predicted molar refractivity (Wildman–Crippen MR) is 74.3 cm³/mol. The van der Waals surface area contributed by atoms with Crippen LogP contribution in [0.1, 0.15) is 22.3 Å². The first-order valence-corrected chi connectivity index (χ1v) is 6.22. The summed E-state index contributed by atoms with van der Waals surface area (Å²) >= 11 is 0. The Morgan fingerprint density at radius 3 is 2.56 bits per heavy atom. The third kappa shape index (κ3) is 1.61. The molecule has 0 aromatic heterocycles. The molecule has 0 atom stereocenters. The van der Waals surface area contributed by atoms with Gasteiger partial charge < -0.3 is 0 Å². The van der Waals surface area contributed by atoms with Crippen LogP contribution >= 0.6 is 0 Å². The van der Waals surface area contributed by atoms with Gasteiger partial charge in [0, 0.05) is 5.56 Å². The van der Waals surface area contributed by atoms with E-state index in [1.807, 2.05) is 6.07 Å². The minimum Gasteiger partial charge on any atom is -0.286 e. The van der Waals surface area contributed by atoms with Gasteiger partial charge in [0.1, 0.15) is 12.2 Å². The Bertz CT molecular complexity index is 654. The molecule has 0 unspecified atom stereocenters. The lowest BCUT2D eigenvalue weighted by atomic mass is 10.1. The standard InChI is InChI=1S/C16H16N2/c1-11-7-8-15(12(2)9-11)18-10-13-5-3-4-6-14(13)16(18)17/h3-9,17H,10H2,1-2H3/p+1. The van der Waals surface area contributed by atoms with E-state index >= 15 is 0 Å². The van der Waals surface area contributed by atoms with Gasteiger partial charge in [-0.1, -0.05) is 35.9 Å². The number of hydrogen-bond donors (Lipinski definition) is 1. The van der Waals surface area contributed by atoms with Crippen LogP contribution < -0.4 is 5.73 Å². The van der Waals surface area contributed by atoms with Crippen molar-refractivity contribution in [2.45, 2.75) is 20.4 Å². The molecule has 0 saturated heterocycles. The van der Waals surface area contributed by atoms with E-state index < -0.39 is 0 Å². The van der Waals surface area contributed by atoms with Gasteiger partial charge in [-0.2, -0.15) is 0 Å². The first kappa shape index (κ1) is 11.0. The molecule has 2 N–H and O–H groups in total. The van der Waals surface area contributed by atoms with Crippen LogP contribution in [-0.4, -0.2) is 10.4 Å². The third-order valence-electron chi connectivity index (χ3n) is 3.56. The van der Waals surface area contributed by atoms with Crippen molar-refractivity contribution in [3.05, 3.63) is 64.7 Å². The van der Waals surface area contributed by atoms with Crippen molar-refractivity contribution in [2.24, 2.45) is 5.73 Å². The third-order valence-corrected chi connectivity index (χ3v) is 3.56. The minimum absolute atomic E-state index is 0.859. The molecule has 2 nitrogen and oxygen atoms in total. The van der Waals surface area contributed by atoms with E-state index in [2.05, 4.69) is 54.8 Å². The Morgan fingerprint density at radius 1 is 1.06 bits per heavy atom. The van der Waals surface area contributed by atoms with E-state index in [9.17, 15) is 0 Å². The molecule has 0 spiro atoms. The number of nitrogens with zero attached hydrogens (tertiary/aromatic N) is 1. The van der Waals surface area contributed by atoms with Crippen LogP contribution in [0.4, 0.5) is 5.69 Å². The first-order valence-electron chi connectivity index (χ1n) is 6.22. The van der Waals surface area contributed by atoms with E-state index in [0.717, 1.165) is 17.9 Å². The van der Waals surface area contributed by atoms with Crippen LogP contribution in [0.15, 0.2) is 42.5 Å². The fraction of sp³-hybridized carbons (Fsp3) is 0.188. The van der Waals surface area contributed by atoms with Crippen molar-refractivity contribution in [1.82, 2.24) is 0 Å². The monoisotopic (exact) mass is 237 g/mol. The highest BCUT2D eigenvalue weighted by Gasteiger charge is 2.26. The van der Waals surface area contributed by atoms with Crippen LogP contribution in [0.25, 0.3) is 0 Å². The van der Waals surface area contributed by atoms with Gasteiger partial charge in [-0.05, 0) is 31.5 Å². The molecule has 0 bridgehead atoms. The highest BCUT2D eigenvalue weighted by molar-refractivity contribution is 5.97. The molecule has 2 aromatic carbocycles. The minimum atomic E-state index is 0.859. The summed E-state index contributed by atoms with van der Waals surface area (Å²) in [5.41, 5.74) is 12.5. The fourth-order valence-corrected chi connectivity index (χ4v) is 2.63. The summed E-state index contributed by atoms with van der Waals surface area (Å²) in [6.07, 6.45) is 0. The molecule has 0 fully saturated rings. The van der Waals surface area contributed by atoms with E-state index in [-0.39, 0.29) is 0 Å². The Kier molecular flexibility index (Phi) is 2.44. The van der Waals surface area contributed by atoms with Crippen LogP contribution in [0.3, 0.4) is 0 Å². The van der Waals surface area contributed by atoms with Crippen molar-refractivity contribution < 1.29 is 4.58 Å². The van der Waals surface area contributed by atoms with Gasteiger partial charge in [0.05, 0.1) is 5.56 Å². The van der Waals surface area contributed by atoms with E-state index in [1.165, 1.54) is 22.4 Å². The quantitative estimate of drug-likeness (QED) is 0.759. The molecule has 1 heterocycles. The molecular formula is C16H17N2+. The average Bonchev–Trinajstić information content (AvgIpc) is 2.68. The molecule has 0 saturated carbocycles. The van der Waals surface area contributed by atoms with Gasteiger partial charge >= 0.3 is 0 Å². The smallest absolute Gasteiger partial charge is 0.280 e. The summed E-state index contributed by atoms with van der Waals surface area (Å²) < 4.78 is 2.19. The lowest BCUT2D eigenvalue weighted by Gasteiger charge is -2.07. The second-order valence-corrected chi connectivity index (χ2v) is 4.92. The van der Waals surface area contributed by atoms with Crippen molar-refractivity contribution >= 4 is 11.5 Å². The zero-order chi connectivity index (χ0) is 12.7. The highest BCUT2D eigenvalue weighted by Crippen LogP contribution is 2.26. The highest BCUT2D eigenvalue weighted by atomic mass is 15.1. The molecule has 3 rings (SSSR count). The lowest BCUT2D eigenvalue weighted by Crippen LogP contribution is -2.20. The molecule has 0 amide bonds. The van der Waals surface area contributed by atoms with Crippen LogP contribution in [0, 0.1) is 13.8 Å². The molecule has 0 aliphatic carbocycles. The van der Waals surface area contributed by atoms with Gasteiger partial charge in [-0.3, -0.25) is 5.73 Å². The zero-order valence-electron chi connectivity index (χ0n) is 10.8. The fourth-order valence-electron chi connectivity index (χ4n) is 2.63. The van der Waals surface area contributed by atoms with Gasteiger partial charge in [0.2, 0.25) is 0 Å². The Balaban J connectivity index is 2.13. The normalized spacial score (nSPS) is 13.9. The second kappa shape index (κ2) is 3.98. The van der Waals surface area contributed by atoms with Crippen molar-refractivity contribution in [3.8, 4) is 0 Å². The summed E-state index contributed by atoms with van der Waals surface area (Å²) in [7, 11) is 0.